The molecular weight excluding hydrogens is 312 g/mol. The molecule has 2 aromatic carbocycles. The third-order valence-electron chi connectivity index (χ3n) is 3.80. The lowest BCUT2D eigenvalue weighted by molar-refractivity contribution is -0.384. The molecule has 1 N–H and O–H groups in total. The van der Waals surface area contributed by atoms with Crippen LogP contribution < -0.4 is 5.32 Å². The van der Waals surface area contributed by atoms with Gasteiger partial charge in [-0.3, -0.25) is 19.7 Å². The summed E-state index contributed by atoms with van der Waals surface area (Å²) in [4.78, 5) is 34.4. The largest absolute Gasteiger partial charge is 0.457 e. The van der Waals surface area contributed by atoms with Crippen LogP contribution in [0.5, 0.6) is 0 Å². The normalized spacial score (nSPS) is 19.6. The molecule has 1 fully saturated rings. The van der Waals surface area contributed by atoms with Crippen LogP contribution in [0.15, 0.2) is 54.6 Å². The molecule has 3 rings (SSSR count). The summed E-state index contributed by atoms with van der Waals surface area (Å²) in [6.07, 6.45) is -0.683. The molecule has 1 aliphatic heterocycles. The Morgan fingerprint density at radius 2 is 1.92 bits per heavy atom. The van der Waals surface area contributed by atoms with E-state index in [4.69, 9.17) is 4.74 Å². The van der Waals surface area contributed by atoms with Crippen molar-refractivity contribution in [1.29, 1.82) is 0 Å². The van der Waals surface area contributed by atoms with Crippen LogP contribution in [0.25, 0.3) is 0 Å². The molecule has 0 radical (unpaired) electrons. The molecule has 0 spiro atoms. The Labute approximate surface area is 137 Å². The molecule has 0 aliphatic carbocycles. The minimum atomic E-state index is -0.681. The van der Waals surface area contributed by atoms with Gasteiger partial charge in [0.2, 0.25) is 5.91 Å². The zero-order chi connectivity index (χ0) is 17.1. The summed E-state index contributed by atoms with van der Waals surface area (Å²) in [5.41, 5.74) is 0.925. The first-order valence-electron chi connectivity index (χ1n) is 7.34. The van der Waals surface area contributed by atoms with Crippen molar-refractivity contribution >= 4 is 23.3 Å². The SMILES string of the molecule is O=C1C[C@H](C(=O)Nc2cccc([N+](=O)[O-])c2)[C@H](c2ccccc2)O1. The molecule has 0 bridgehead atoms. The molecule has 0 aromatic heterocycles. The summed E-state index contributed by atoms with van der Waals surface area (Å²) in [5.74, 6) is -1.53. The van der Waals surface area contributed by atoms with Gasteiger partial charge in [0.1, 0.15) is 6.10 Å². The van der Waals surface area contributed by atoms with Crippen LogP contribution >= 0.6 is 0 Å². The monoisotopic (exact) mass is 326 g/mol. The summed E-state index contributed by atoms with van der Waals surface area (Å²) in [6, 6.07) is 14.7. The lowest BCUT2D eigenvalue weighted by Gasteiger charge is -2.17. The van der Waals surface area contributed by atoms with Crippen LogP contribution in [0, 0.1) is 16.0 Å². The van der Waals surface area contributed by atoms with Gasteiger partial charge in [-0.15, -0.1) is 0 Å². The fourth-order valence-corrected chi connectivity index (χ4v) is 2.66. The molecule has 2 atom stereocenters. The zero-order valence-electron chi connectivity index (χ0n) is 12.5. The number of hydrogen-bond acceptors (Lipinski definition) is 5. The number of benzene rings is 2. The standard InChI is InChI=1S/C17H14N2O5/c20-15-10-14(16(24-15)11-5-2-1-3-6-11)17(21)18-12-7-4-8-13(9-12)19(22)23/h1-9,14,16H,10H2,(H,18,21)/t14-,16-/m0/s1. The maximum atomic E-state index is 12.5. The fourth-order valence-electron chi connectivity index (χ4n) is 2.66. The Morgan fingerprint density at radius 3 is 2.62 bits per heavy atom. The van der Waals surface area contributed by atoms with E-state index in [0.717, 1.165) is 5.56 Å². The molecule has 1 amide bonds. The maximum absolute atomic E-state index is 12.5. The highest BCUT2D eigenvalue weighted by Crippen LogP contribution is 2.36. The number of nitro groups is 1. The number of amides is 1. The second-order valence-electron chi connectivity index (χ2n) is 5.43. The van der Waals surface area contributed by atoms with Gasteiger partial charge in [0.05, 0.1) is 17.3 Å². The van der Waals surface area contributed by atoms with E-state index < -0.39 is 28.8 Å². The Kier molecular flexibility index (Phi) is 4.24. The number of nitro benzene ring substituents is 1. The van der Waals surface area contributed by atoms with Gasteiger partial charge in [-0.05, 0) is 11.6 Å². The first kappa shape index (κ1) is 15.7. The van der Waals surface area contributed by atoms with Gasteiger partial charge in [-0.2, -0.15) is 0 Å². The lowest BCUT2D eigenvalue weighted by Crippen LogP contribution is -2.25. The van der Waals surface area contributed by atoms with Crippen molar-refractivity contribution in [2.45, 2.75) is 12.5 Å². The average molecular weight is 326 g/mol. The summed E-state index contributed by atoms with van der Waals surface area (Å²) in [6.45, 7) is 0. The quantitative estimate of drug-likeness (QED) is 0.529. The summed E-state index contributed by atoms with van der Waals surface area (Å²) >= 11 is 0. The van der Waals surface area contributed by atoms with Crippen molar-refractivity contribution in [2.24, 2.45) is 5.92 Å². The zero-order valence-corrected chi connectivity index (χ0v) is 12.5. The maximum Gasteiger partial charge on any atom is 0.307 e. The van der Waals surface area contributed by atoms with Crippen molar-refractivity contribution < 1.29 is 19.2 Å². The number of anilines is 1. The molecule has 2 aromatic rings. The molecule has 122 valence electrons. The van der Waals surface area contributed by atoms with E-state index in [9.17, 15) is 19.7 Å². The van der Waals surface area contributed by atoms with Gasteiger partial charge in [0.25, 0.3) is 5.69 Å². The minimum Gasteiger partial charge on any atom is -0.457 e. The number of carbonyl (C=O) groups is 2. The number of non-ortho nitro benzene ring substituents is 1. The van der Waals surface area contributed by atoms with Crippen molar-refractivity contribution in [3.05, 3.63) is 70.3 Å². The Bertz CT molecular complexity index is 791. The van der Waals surface area contributed by atoms with Crippen molar-refractivity contribution in [2.75, 3.05) is 5.32 Å². The first-order chi connectivity index (χ1) is 11.5. The molecule has 7 heteroatoms. The van der Waals surface area contributed by atoms with Crippen LogP contribution in [-0.2, 0) is 14.3 Å². The number of nitrogens with one attached hydrogen (secondary N) is 1. The Hall–Kier alpha value is -3.22. The average Bonchev–Trinajstić information content (AvgIpc) is 2.98. The molecule has 0 saturated carbocycles. The Balaban J connectivity index is 1.79. The topological polar surface area (TPSA) is 98.5 Å². The van der Waals surface area contributed by atoms with E-state index in [-0.39, 0.29) is 12.1 Å². The van der Waals surface area contributed by atoms with E-state index >= 15 is 0 Å². The van der Waals surface area contributed by atoms with Gasteiger partial charge in [-0.1, -0.05) is 36.4 Å². The highest BCUT2D eigenvalue weighted by molar-refractivity contribution is 5.96. The number of cyclic esters (lactones) is 1. The van der Waals surface area contributed by atoms with Crippen molar-refractivity contribution in [1.82, 2.24) is 0 Å². The van der Waals surface area contributed by atoms with E-state index in [0.29, 0.717) is 5.69 Å². The van der Waals surface area contributed by atoms with Crippen LogP contribution in [0.2, 0.25) is 0 Å². The Morgan fingerprint density at radius 1 is 1.17 bits per heavy atom. The highest BCUT2D eigenvalue weighted by atomic mass is 16.6. The number of ether oxygens (including phenoxy) is 1. The second-order valence-corrected chi connectivity index (χ2v) is 5.43. The van der Waals surface area contributed by atoms with E-state index in [2.05, 4.69) is 5.32 Å². The molecule has 24 heavy (non-hydrogen) atoms. The number of nitrogens with zero attached hydrogens (tertiary/aromatic N) is 1. The van der Waals surface area contributed by atoms with E-state index in [1.165, 1.54) is 18.2 Å². The van der Waals surface area contributed by atoms with Gasteiger partial charge in [0.15, 0.2) is 0 Å². The molecule has 1 aliphatic rings. The van der Waals surface area contributed by atoms with Crippen LogP contribution in [0.4, 0.5) is 11.4 Å². The first-order valence-corrected chi connectivity index (χ1v) is 7.34. The second kappa shape index (κ2) is 6.49. The summed E-state index contributed by atoms with van der Waals surface area (Å²) < 4.78 is 5.27. The lowest BCUT2D eigenvalue weighted by atomic mass is 9.94. The van der Waals surface area contributed by atoms with Gasteiger partial charge in [0, 0.05) is 17.8 Å². The molecule has 1 heterocycles. The van der Waals surface area contributed by atoms with Crippen molar-refractivity contribution in [3.8, 4) is 0 Å². The summed E-state index contributed by atoms with van der Waals surface area (Å²) in [5, 5.41) is 13.4. The molecule has 0 unspecified atom stereocenters. The van der Waals surface area contributed by atoms with E-state index in [1.54, 1.807) is 30.3 Å². The van der Waals surface area contributed by atoms with Crippen molar-refractivity contribution in [3.63, 3.8) is 0 Å². The smallest absolute Gasteiger partial charge is 0.307 e. The highest BCUT2D eigenvalue weighted by Gasteiger charge is 2.40. The molecular formula is C17H14N2O5. The van der Waals surface area contributed by atoms with Crippen LogP contribution in [-0.4, -0.2) is 16.8 Å². The van der Waals surface area contributed by atoms with E-state index in [1.807, 2.05) is 6.07 Å². The van der Waals surface area contributed by atoms with Gasteiger partial charge in [-0.25, -0.2) is 0 Å². The third kappa shape index (κ3) is 3.24. The third-order valence-corrected chi connectivity index (χ3v) is 3.80. The number of rotatable bonds is 4. The minimum absolute atomic E-state index is 0.0275. The number of carbonyl (C=O) groups excluding carboxylic acids is 2. The van der Waals surface area contributed by atoms with Crippen LogP contribution in [0.3, 0.4) is 0 Å². The summed E-state index contributed by atoms with van der Waals surface area (Å²) in [7, 11) is 0. The van der Waals surface area contributed by atoms with Crippen LogP contribution in [0.1, 0.15) is 18.1 Å². The fraction of sp³-hybridized carbons (Fsp3) is 0.176. The molecule has 1 saturated heterocycles. The molecule has 7 nitrogen and oxygen atoms in total. The van der Waals surface area contributed by atoms with Gasteiger partial charge < -0.3 is 10.1 Å². The number of hydrogen-bond donors (Lipinski definition) is 1. The van der Waals surface area contributed by atoms with Gasteiger partial charge >= 0.3 is 5.97 Å². The predicted molar refractivity (Wildman–Crippen MR) is 85.1 cm³/mol. The predicted octanol–water partition coefficient (Wildman–Crippen LogP) is 2.84. The number of esters is 1.